The molecular weight excluding hydrogens is 218 g/mol. The molecule has 0 radical (unpaired) electrons. The molecule has 0 bridgehead atoms. The van der Waals surface area contributed by atoms with Gasteiger partial charge in [-0.2, -0.15) is 0 Å². The van der Waals surface area contributed by atoms with Gasteiger partial charge in [-0.25, -0.2) is 4.79 Å². The molecule has 1 rings (SSSR count). The van der Waals surface area contributed by atoms with Crippen LogP contribution in [0.4, 0.5) is 4.79 Å². The van der Waals surface area contributed by atoms with E-state index in [2.05, 4.69) is 5.32 Å². The number of amides is 1. The largest absolute Gasteiger partial charge is 0.444 e. The second-order valence-corrected chi connectivity index (χ2v) is 5.49. The molecule has 0 saturated heterocycles. The first kappa shape index (κ1) is 13.7. The van der Waals surface area contributed by atoms with Crippen molar-refractivity contribution >= 4 is 12.4 Å². The fraction of sp³-hybridized carbons (Fsp3) is 0.692. The lowest BCUT2D eigenvalue weighted by molar-refractivity contribution is -0.104. The molecule has 1 N–H and O–H groups in total. The van der Waals surface area contributed by atoms with E-state index >= 15 is 0 Å². The number of hydrogen-bond donors (Lipinski definition) is 1. The summed E-state index contributed by atoms with van der Waals surface area (Å²) in [6.45, 7) is 5.49. The number of aldehydes is 1. The lowest BCUT2D eigenvalue weighted by atomic mass is 9.97. The van der Waals surface area contributed by atoms with Gasteiger partial charge in [0.05, 0.1) is 5.54 Å². The normalized spacial score (nSPS) is 19.2. The summed E-state index contributed by atoms with van der Waals surface area (Å²) in [4.78, 5) is 22.1. The highest BCUT2D eigenvalue weighted by Crippen LogP contribution is 2.31. The fourth-order valence-electron chi connectivity index (χ4n) is 2.07. The zero-order chi connectivity index (χ0) is 12.9. The third-order valence-electron chi connectivity index (χ3n) is 2.74. The summed E-state index contributed by atoms with van der Waals surface area (Å²) >= 11 is 0. The number of ether oxygens (including phenoxy) is 1. The molecule has 1 saturated carbocycles. The van der Waals surface area contributed by atoms with E-state index in [1.54, 1.807) is 6.08 Å². The molecule has 4 nitrogen and oxygen atoms in total. The minimum atomic E-state index is -0.502. The van der Waals surface area contributed by atoms with Gasteiger partial charge >= 0.3 is 6.09 Å². The molecule has 4 heteroatoms. The standard InChI is InChI=1S/C13H21NO3/c1-12(2,3)17-11(16)14-13(9-6-10-15)7-4-5-8-13/h6,9-10H,4-5,7-8H2,1-3H3,(H,14,16)/b9-6+. The second-order valence-electron chi connectivity index (χ2n) is 5.49. The zero-order valence-electron chi connectivity index (χ0n) is 10.8. The van der Waals surface area contributed by atoms with Crippen LogP contribution in [-0.2, 0) is 9.53 Å². The Hall–Kier alpha value is -1.32. The molecule has 1 aliphatic rings. The van der Waals surface area contributed by atoms with Gasteiger partial charge in [0.2, 0.25) is 0 Å². The maximum atomic E-state index is 11.7. The van der Waals surface area contributed by atoms with Crippen LogP contribution in [0.5, 0.6) is 0 Å². The van der Waals surface area contributed by atoms with Crippen molar-refractivity contribution in [3.8, 4) is 0 Å². The van der Waals surface area contributed by atoms with Crippen LogP contribution in [-0.4, -0.2) is 23.5 Å². The van der Waals surface area contributed by atoms with Gasteiger partial charge in [0.25, 0.3) is 0 Å². The number of carbonyl (C=O) groups is 2. The lowest BCUT2D eigenvalue weighted by Crippen LogP contribution is -2.46. The van der Waals surface area contributed by atoms with Crippen molar-refractivity contribution in [2.75, 3.05) is 0 Å². The molecule has 0 heterocycles. The highest BCUT2D eigenvalue weighted by Gasteiger charge is 2.34. The molecule has 1 amide bonds. The maximum Gasteiger partial charge on any atom is 0.408 e. The Morgan fingerprint density at radius 3 is 2.35 bits per heavy atom. The van der Waals surface area contributed by atoms with Gasteiger partial charge < -0.3 is 10.1 Å². The first-order valence-electron chi connectivity index (χ1n) is 6.01. The molecule has 0 aromatic carbocycles. The van der Waals surface area contributed by atoms with Crippen LogP contribution in [0.1, 0.15) is 46.5 Å². The van der Waals surface area contributed by atoms with Gasteiger partial charge in [-0.3, -0.25) is 4.79 Å². The van der Waals surface area contributed by atoms with Crippen molar-refractivity contribution in [1.29, 1.82) is 0 Å². The third-order valence-corrected chi connectivity index (χ3v) is 2.74. The van der Waals surface area contributed by atoms with Gasteiger partial charge in [0.15, 0.2) is 0 Å². The molecule has 1 aliphatic carbocycles. The van der Waals surface area contributed by atoms with Gasteiger partial charge in [-0.1, -0.05) is 18.9 Å². The summed E-state index contributed by atoms with van der Waals surface area (Å²) in [5.41, 5.74) is -0.901. The van der Waals surface area contributed by atoms with Crippen LogP contribution in [0.3, 0.4) is 0 Å². The molecule has 0 aromatic heterocycles. The van der Waals surface area contributed by atoms with Crippen LogP contribution >= 0.6 is 0 Å². The van der Waals surface area contributed by atoms with E-state index in [4.69, 9.17) is 4.74 Å². The molecule has 0 atom stereocenters. The summed E-state index contributed by atoms with van der Waals surface area (Å²) in [6, 6.07) is 0. The van der Waals surface area contributed by atoms with E-state index in [1.165, 1.54) is 6.08 Å². The molecule has 0 spiro atoms. The first-order valence-corrected chi connectivity index (χ1v) is 6.01. The molecule has 0 aromatic rings. The smallest absolute Gasteiger partial charge is 0.408 e. The minimum Gasteiger partial charge on any atom is -0.444 e. The summed E-state index contributed by atoms with van der Waals surface area (Å²) in [7, 11) is 0. The molecule has 17 heavy (non-hydrogen) atoms. The molecule has 1 fully saturated rings. The van der Waals surface area contributed by atoms with Crippen LogP contribution in [0, 0.1) is 0 Å². The van der Waals surface area contributed by atoms with Crippen LogP contribution < -0.4 is 5.32 Å². The number of carbonyl (C=O) groups excluding carboxylic acids is 2. The molecule has 0 unspecified atom stereocenters. The van der Waals surface area contributed by atoms with Gasteiger partial charge in [0, 0.05) is 0 Å². The van der Waals surface area contributed by atoms with Crippen molar-refractivity contribution in [3.05, 3.63) is 12.2 Å². The second kappa shape index (κ2) is 5.34. The zero-order valence-corrected chi connectivity index (χ0v) is 10.8. The average molecular weight is 239 g/mol. The Bertz CT molecular complexity index is 309. The summed E-state index contributed by atoms with van der Waals surface area (Å²) in [5, 5.41) is 2.88. The van der Waals surface area contributed by atoms with E-state index < -0.39 is 17.2 Å². The van der Waals surface area contributed by atoms with E-state index in [1.807, 2.05) is 20.8 Å². The average Bonchev–Trinajstić information content (AvgIpc) is 2.60. The van der Waals surface area contributed by atoms with E-state index in [-0.39, 0.29) is 0 Å². The van der Waals surface area contributed by atoms with Crippen molar-refractivity contribution in [3.63, 3.8) is 0 Å². The maximum absolute atomic E-state index is 11.7. The Morgan fingerprint density at radius 1 is 1.29 bits per heavy atom. The van der Waals surface area contributed by atoms with E-state index in [9.17, 15) is 9.59 Å². The van der Waals surface area contributed by atoms with E-state index in [0.717, 1.165) is 32.0 Å². The minimum absolute atomic E-state index is 0.400. The van der Waals surface area contributed by atoms with Gasteiger partial charge in [-0.05, 0) is 39.7 Å². The third kappa shape index (κ3) is 4.59. The van der Waals surface area contributed by atoms with E-state index in [0.29, 0.717) is 0 Å². The highest BCUT2D eigenvalue weighted by atomic mass is 16.6. The predicted molar refractivity (Wildman–Crippen MR) is 65.8 cm³/mol. The van der Waals surface area contributed by atoms with Gasteiger partial charge in [0.1, 0.15) is 11.9 Å². The number of alkyl carbamates (subject to hydrolysis) is 1. The number of nitrogens with one attached hydrogen (secondary N) is 1. The topological polar surface area (TPSA) is 55.4 Å². The van der Waals surface area contributed by atoms with Crippen LogP contribution in [0.2, 0.25) is 0 Å². The van der Waals surface area contributed by atoms with Crippen LogP contribution in [0.25, 0.3) is 0 Å². The predicted octanol–water partition coefficient (Wildman–Crippen LogP) is 2.58. The molecular formula is C13H21NO3. The number of rotatable bonds is 3. The van der Waals surface area contributed by atoms with Crippen molar-refractivity contribution < 1.29 is 14.3 Å². The molecule has 96 valence electrons. The number of allylic oxidation sites excluding steroid dienone is 1. The Balaban J connectivity index is 2.64. The number of hydrogen-bond acceptors (Lipinski definition) is 3. The van der Waals surface area contributed by atoms with Crippen molar-refractivity contribution in [1.82, 2.24) is 5.32 Å². The highest BCUT2D eigenvalue weighted by molar-refractivity contribution is 5.70. The van der Waals surface area contributed by atoms with Crippen molar-refractivity contribution in [2.45, 2.75) is 57.6 Å². The molecule has 0 aliphatic heterocycles. The van der Waals surface area contributed by atoms with Gasteiger partial charge in [-0.15, -0.1) is 0 Å². The summed E-state index contributed by atoms with van der Waals surface area (Å²) in [6.07, 6.45) is 7.36. The monoisotopic (exact) mass is 239 g/mol. The Morgan fingerprint density at radius 2 is 1.88 bits per heavy atom. The van der Waals surface area contributed by atoms with Crippen LogP contribution in [0.15, 0.2) is 12.2 Å². The first-order chi connectivity index (χ1) is 7.87. The quantitative estimate of drug-likeness (QED) is 0.608. The van der Waals surface area contributed by atoms with Crippen molar-refractivity contribution in [2.24, 2.45) is 0 Å². The summed E-state index contributed by atoms with van der Waals surface area (Å²) < 4.78 is 5.23. The Labute approximate surface area is 102 Å². The Kier molecular flexibility index (Phi) is 4.32. The lowest BCUT2D eigenvalue weighted by Gasteiger charge is -2.28. The fourth-order valence-corrected chi connectivity index (χ4v) is 2.07. The SMILES string of the molecule is CC(C)(C)OC(=O)NC1(/C=C/C=O)CCCC1. The summed E-state index contributed by atoms with van der Waals surface area (Å²) in [5.74, 6) is 0.